The van der Waals surface area contributed by atoms with Gasteiger partial charge in [-0.15, -0.1) is 11.8 Å². The molecule has 0 aromatic heterocycles. The summed E-state index contributed by atoms with van der Waals surface area (Å²) in [4.78, 5) is 24.2. The van der Waals surface area contributed by atoms with Crippen molar-refractivity contribution in [2.75, 3.05) is 0 Å². The average molecular weight is 314 g/mol. The Labute approximate surface area is 134 Å². The zero-order valence-electron chi connectivity index (χ0n) is 12.6. The van der Waals surface area contributed by atoms with E-state index < -0.39 is 0 Å². The third kappa shape index (κ3) is 4.74. The molecular weight excluding hydrogens is 296 g/mol. The minimum Gasteiger partial charge on any atom is -0.460 e. The number of hydrogen-bond donors (Lipinski definition) is 0. The van der Waals surface area contributed by atoms with E-state index in [9.17, 15) is 9.59 Å². The summed E-state index contributed by atoms with van der Waals surface area (Å²) < 4.78 is 5.31. The van der Waals surface area contributed by atoms with Gasteiger partial charge in [0.25, 0.3) is 0 Å². The number of thioether (sulfide) groups is 1. The molecule has 2 rings (SSSR count). The van der Waals surface area contributed by atoms with Gasteiger partial charge in [0.05, 0.1) is 0 Å². The Morgan fingerprint density at radius 1 is 1.05 bits per heavy atom. The van der Waals surface area contributed by atoms with Crippen molar-refractivity contribution in [1.82, 2.24) is 0 Å². The largest absolute Gasteiger partial charge is 0.460 e. The molecule has 0 saturated carbocycles. The minimum atomic E-state index is -0.299. The van der Waals surface area contributed by atoms with Crippen LogP contribution >= 0.6 is 11.8 Å². The maximum Gasteiger partial charge on any atom is 0.319 e. The molecule has 22 heavy (non-hydrogen) atoms. The van der Waals surface area contributed by atoms with E-state index in [-0.39, 0.29) is 23.6 Å². The molecule has 4 heteroatoms. The molecule has 0 saturated heterocycles. The van der Waals surface area contributed by atoms with Gasteiger partial charge in [0.1, 0.15) is 11.9 Å². The highest BCUT2D eigenvalue weighted by Gasteiger charge is 2.16. The summed E-state index contributed by atoms with van der Waals surface area (Å²) in [7, 11) is 0. The van der Waals surface area contributed by atoms with Gasteiger partial charge in [0, 0.05) is 10.5 Å². The van der Waals surface area contributed by atoms with Gasteiger partial charge in [0.2, 0.25) is 0 Å². The van der Waals surface area contributed by atoms with Crippen molar-refractivity contribution in [2.45, 2.75) is 30.6 Å². The van der Waals surface area contributed by atoms with Gasteiger partial charge in [-0.1, -0.05) is 42.5 Å². The molecule has 1 atom stereocenters. The number of benzene rings is 2. The maximum absolute atomic E-state index is 12.0. The quantitative estimate of drug-likeness (QED) is 0.457. The molecule has 0 N–H and O–H groups in total. The van der Waals surface area contributed by atoms with Crippen molar-refractivity contribution in [3.05, 3.63) is 65.7 Å². The van der Waals surface area contributed by atoms with E-state index in [0.717, 1.165) is 10.5 Å². The molecule has 0 amide bonds. The second-order valence-electron chi connectivity index (χ2n) is 4.93. The lowest BCUT2D eigenvalue weighted by Crippen LogP contribution is -2.16. The van der Waals surface area contributed by atoms with Crippen LogP contribution in [0.4, 0.5) is 0 Å². The Hall–Kier alpha value is -2.07. The van der Waals surface area contributed by atoms with Crippen molar-refractivity contribution in [1.29, 1.82) is 0 Å². The summed E-state index contributed by atoms with van der Waals surface area (Å²) in [6.07, 6.45) is 0. The van der Waals surface area contributed by atoms with Crippen LogP contribution in [0.2, 0.25) is 0 Å². The van der Waals surface area contributed by atoms with Crippen LogP contribution in [0, 0.1) is 0 Å². The summed E-state index contributed by atoms with van der Waals surface area (Å²) in [6.45, 7) is 3.64. The number of esters is 1. The first kappa shape index (κ1) is 16.3. The molecule has 3 nitrogen and oxygen atoms in total. The van der Waals surface area contributed by atoms with Crippen LogP contribution in [0.25, 0.3) is 0 Å². The Kier molecular flexibility index (Phi) is 5.78. The second kappa shape index (κ2) is 7.80. The lowest BCUT2D eigenvalue weighted by molar-refractivity contribution is -0.143. The van der Waals surface area contributed by atoms with Gasteiger partial charge in [-0.05, 0) is 31.5 Å². The van der Waals surface area contributed by atoms with Crippen molar-refractivity contribution in [3.63, 3.8) is 0 Å². The lowest BCUT2D eigenvalue weighted by Gasteiger charge is -2.11. The maximum atomic E-state index is 12.0. The molecule has 0 fully saturated rings. The first-order valence-corrected chi connectivity index (χ1v) is 7.92. The van der Waals surface area contributed by atoms with Crippen molar-refractivity contribution in [3.8, 4) is 0 Å². The molecule has 0 aliphatic rings. The van der Waals surface area contributed by atoms with E-state index in [4.69, 9.17) is 4.74 Å². The summed E-state index contributed by atoms with van der Waals surface area (Å²) in [5, 5.41) is -0.299. The van der Waals surface area contributed by atoms with E-state index >= 15 is 0 Å². The summed E-state index contributed by atoms with van der Waals surface area (Å²) in [6, 6.07) is 16.8. The molecule has 114 valence electrons. The molecule has 0 bridgehead atoms. The predicted molar refractivity (Wildman–Crippen MR) is 88.0 cm³/mol. The molecular formula is C18H18O3S. The molecule has 0 heterocycles. The number of hydrogen-bond acceptors (Lipinski definition) is 4. The molecule has 0 aliphatic heterocycles. The normalized spacial score (nSPS) is 11.7. The topological polar surface area (TPSA) is 43.4 Å². The van der Waals surface area contributed by atoms with Gasteiger partial charge >= 0.3 is 5.97 Å². The standard InChI is InChI=1S/C18H18O3S/c1-13(19)16-8-10-17(11-9-16)22-14(2)18(20)21-12-15-6-4-3-5-7-15/h3-11,14H,12H2,1-2H3. The summed E-state index contributed by atoms with van der Waals surface area (Å²) in [5.41, 5.74) is 1.64. The monoisotopic (exact) mass is 314 g/mol. The van der Waals surface area contributed by atoms with Gasteiger partial charge in [-0.2, -0.15) is 0 Å². The molecule has 0 radical (unpaired) electrons. The number of Topliss-reactive ketones (excluding diaryl/α,β-unsaturated/α-hetero) is 1. The van der Waals surface area contributed by atoms with Crippen LogP contribution in [0.15, 0.2) is 59.5 Å². The van der Waals surface area contributed by atoms with Gasteiger partial charge in [0.15, 0.2) is 5.78 Å². The first-order chi connectivity index (χ1) is 10.6. The van der Waals surface area contributed by atoms with Crippen molar-refractivity contribution >= 4 is 23.5 Å². The SMILES string of the molecule is CC(=O)c1ccc(SC(C)C(=O)OCc2ccccc2)cc1. The Bertz CT molecular complexity index is 635. The van der Waals surface area contributed by atoms with E-state index in [2.05, 4.69) is 0 Å². The van der Waals surface area contributed by atoms with Gasteiger partial charge < -0.3 is 4.74 Å². The van der Waals surface area contributed by atoms with Crippen LogP contribution in [0.1, 0.15) is 29.8 Å². The van der Waals surface area contributed by atoms with Gasteiger partial charge in [-0.25, -0.2) is 0 Å². The van der Waals surface area contributed by atoms with E-state index in [1.807, 2.05) is 49.4 Å². The fourth-order valence-corrected chi connectivity index (χ4v) is 2.73. The highest BCUT2D eigenvalue weighted by molar-refractivity contribution is 8.00. The summed E-state index contributed by atoms with van der Waals surface area (Å²) >= 11 is 1.42. The number of carbonyl (C=O) groups excluding carboxylic acids is 2. The Morgan fingerprint density at radius 2 is 1.68 bits per heavy atom. The molecule has 1 unspecified atom stereocenters. The first-order valence-electron chi connectivity index (χ1n) is 7.04. The zero-order chi connectivity index (χ0) is 15.9. The third-order valence-corrected chi connectivity index (χ3v) is 4.22. The Morgan fingerprint density at radius 3 is 2.27 bits per heavy atom. The van der Waals surface area contributed by atoms with Crippen LogP contribution < -0.4 is 0 Å². The number of ketones is 1. The third-order valence-electron chi connectivity index (χ3n) is 3.13. The van der Waals surface area contributed by atoms with E-state index in [1.54, 1.807) is 12.1 Å². The predicted octanol–water partition coefficient (Wildman–Crippen LogP) is 4.11. The Balaban J connectivity index is 1.86. The average Bonchev–Trinajstić information content (AvgIpc) is 2.54. The van der Waals surface area contributed by atoms with Crippen molar-refractivity contribution in [2.24, 2.45) is 0 Å². The highest BCUT2D eigenvalue weighted by atomic mass is 32.2. The minimum absolute atomic E-state index is 0.0341. The second-order valence-corrected chi connectivity index (χ2v) is 6.35. The summed E-state index contributed by atoms with van der Waals surface area (Å²) in [5.74, 6) is -0.212. The molecule has 2 aromatic carbocycles. The number of carbonyl (C=O) groups is 2. The molecule has 0 spiro atoms. The fourth-order valence-electron chi connectivity index (χ4n) is 1.87. The fraction of sp³-hybridized carbons (Fsp3) is 0.222. The van der Waals surface area contributed by atoms with Crippen LogP contribution in [0.3, 0.4) is 0 Å². The van der Waals surface area contributed by atoms with Gasteiger partial charge in [-0.3, -0.25) is 9.59 Å². The van der Waals surface area contributed by atoms with Crippen molar-refractivity contribution < 1.29 is 14.3 Å². The molecule has 0 aliphatic carbocycles. The van der Waals surface area contributed by atoms with Crippen LogP contribution in [-0.4, -0.2) is 17.0 Å². The van der Waals surface area contributed by atoms with Crippen LogP contribution in [-0.2, 0) is 16.1 Å². The van der Waals surface area contributed by atoms with E-state index in [0.29, 0.717) is 5.56 Å². The number of rotatable bonds is 6. The lowest BCUT2D eigenvalue weighted by atomic mass is 10.2. The molecule has 2 aromatic rings. The van der Waals surface area contributed by atoms with E-state index in [1.165, 1.54) is 18.7 Å². The zero-order valence-corrected chi connectivity index (χ0v) is 13.4. The number of ether oxygens (including phenoxy) is 1. The highest BCUT2D eigenvalue weighted by Crippen LogP contribution is 2.24. The smallest absolute Gasteiger partial charge is 0.319 e. The van der Waals surface area contributed by atoms with Crippen LogP contribution in [0.5, 0.6) is 0 Å².